The van der Waals surface area contributed by atoms with Gasteiger partial charge in [-0.25, -0.2) is 0 Å². The molecule has 4 saturated carbocycles. The fraction of sp³-hybridized carbons (Fsp3) is 0.265. The van der Waals surface area contributed by atoms with Gasteiger partial charge in [-0.2, -0.15) is 26.3 Å². The highest BCUT2D eigenvalue weighted by Crippen LogP contribution is 2.68. The average molecular weight is 1110 g/mol. The monoisotopic (exact) mass is 1110 g/mol. The Kier molecular flexibility index (Phi) is 12.1. The number of rotatable bonds is 7. The van der Waals surface area contributed by atoms with Crippen LogP contribution in [-0.4, -0.2) is 32.0 Å². The number of hydrogen-bond donors (Lipinski definition) is 0. The molecule has 0 N–H and O–H groups in total. The largest absolute Gasteiger partial charge is 0.495 e. The Hall–Kier alpha value is -6.95. The molecule has 0 radical (unpaired) electrons. The number of ether oxygens (including phenoxy) is 2. The first-order valence-corrected chi connectivity index (χ1v) is 28.5. The molecule has 2 unspecified atom stereocenters. The van der Waals surface area contributed by atoms with Crippen molar-refractivity contribution in [3.05, 3.63) is 198 Å². The van der Waals surface area contributed by atoms with E-state index < -0.39 is 28.9 Å². The molecule has 5 aliphatic rings. The van der Waals surface area contributed by atoms with Crippen LogP contribution in [0.15, 0.2) is 133 Å². The maximum absolute atomic E-state index is 16.3. The van der Waals surface area contributed by atoms with Crippen LogP contribution in [-0.2, 0) is 10.8 Å². The molecule has 79 heavy (non-hydrogen) atoms. The number of fused-ring (bicyclic) bond motifs is 3. The van der Waals surface area contributed by atoms with Crippen molar-refractivity contribution < 1.29 is 35.8 Å². The van der Waals surface area contributed by atoms with Gasteiger partial charge in [0.25, 0.3) is 0 Å². The number of aryl methyl sites for hydroxylation is 2. The molecule has 4 atom stereocenters. The Bertz CT molecular complexity index is 4110. The van der Waals surface area contributed by atoms with Crippen molar-refractivity contribution in [2.45, 2.75) is 87.9 Å². The standard InChI is InChI=1S/C68H51ClF6O2S2/c1-38-59(61-62(67(72,73)68(74,75)66(61,70)71)60-40(3)78-58-17-11-10-16-54(58)60)39(2)79-63(38)44-21-26-47(27-22-44)65-35-42-30-43(36-65)34-64(33-42,37-65)46-24-18-41(19-25-46)20-28-52-48-12-6-8-14-50(48)53(51-15-9-7-13-49(51)52)29-23-45-31-57(77-5)55(69)32-56(45)76-4/h6-19,21-22,24-27,31-32,42-43H,30,33-37H2,1-5H3/t42-,43+,64?,65?. The molecule has 0 spiro atoms. The van der Waals surface area contributed by atoms with Gasteiger partial charge in [0.1, 0.15) is 11.5 Å². The number of methoxy groups -OCH3 is 2. The summed E-state index contributed by atoms with van der Waals surface area (Å²) in [5.74, 6) is 0.209. The summed E-state index contributed by atoms with van der Waals surface area (Å²) in [7, 11) is 3.16. The Morgan fingerprint density at radius 2 is 1.01 bits per heavy atom. The summed E-state index contributed by atoms with van der Waals surface area (Å²) in [6, 6.07) is 43.7. The SMILES string of the molecule is COc1cc(C#Cc2c3ccccc3c(C#Cc3ccc(C45C[C@H]6C[C@@H](C4)CC(c4ccc(-c7sc(C)c(C8=C(c9c(C)sc%10ccccc9%10)C(F)(F)C(F)(F)C8(F)F)c7C)cc4)(C6)C5)cc3)c3ccccc23)c(OC)cc1Cl. The third kappa shape index (κ3) is 7.83. The van der Waals surface area contributed by atoms with Crippen LogP contribution < -0.4 is 9.47 Å². The van der Waals surface area contributed by atoms with Crippen molar-refractivity contribution in [2.75, 3.05) is 14.2 Å². The van der Waals surface area contributed by atoms with Gasteiger partial charge in [0.15, 0.2) is 0 Å². The first kappa shape index (κ1) is 51.5. The van der Waals surface area contributed by atoms with Gasteiger partial charge in [-0.15, -0.1) is 22.7 Å². The van der Waals surface area contributed by atoms with Gasteiger partial charge in [-0.05, 0) is 144 Å². The predicted octanol–water partition coefficient (Wildman–Crippen LogP) is 19.0. The van der Waals surface area contributed by atoms with E-state index >= 15 is 26.3 Å². The molecule has 14 rings (SSSR count). The second-order valence-corrected chi connectivity index (χ2v) is 25.1. The zero-order chi connectivity index (χ0) is 55.0. The quantitative estimate of drug-likeness (QED) is 0.0900. The van der Waals surface area contributed by atoms with Crippen LogP contribution in [0.1, 0.15) is 98.4 Å². The van der Waals surface area contributed by atoms with Gasteiger partial charge >= 0.3 is 17.8 Å². The van der Waals surface area contributed by atoms with Gasteiger partial charge < -0.3 is 9.47 Å². The first-order chi connectivity index (χ1) is 37.9. The summed E-state index contributed by atoms with van der Waals surface area (Å²) in [4.78, 5) is 1.16. The molecular weight excluding hydrogens is 1060 g/mol. The number of halogens is 7. The lowest BCUT2D eigenvalue weighted by Crippen LogP contribution is -2.55. The number of alkyl halides is 6. The van der Waals surface area contributed by atoms with E-state index in [9.17, 15) is 0 Å². The second kappa shape index (κ2) is 18.6. The van der Waals surface area contributed by atoms with Crippen LogP contribution in [0.5, 0.6) is 11.5 Å². The third-order valence-corrected chi connectivity index (χ3v) is 20.3. The molecule has 0 aliphatic heterocycles. The van der Waals surface area contributed by atoms with Crippen LogP contribution in [0, 0.1) is 56.3 Å². The molecule has 0 saturated heterocycles. The predicted molar refractivity (Wildman–Crippen MR) is 310 cm³/mol. The molecule has 2 aromatic heterocycles. The van der Waals surface area contributed by atoms with Crippen molar-refractivity contribution in [3.63, 3.8) is 0 Å². The highest BCUT2D eigenvalue weighted by Gasteiger charge is 2.80. The third-order valence-electron chi connectivity index (χ3n) is 17.6. The first-order valence-electron chi connectivity index (χ1n) is 26.5. The zero-order valence-corrected chi connectivity index (χ0v) is 46.3. The van der Waals surface area contributed by atoms with Crippen molar-refractivity contribution in [1.29, 1.82) is 0 Å². The van der Waals surface area contributed by atoms with E-state index in [-0.39, 0.29) is 42.7 Å². The van der Waals surface area contributed by atoms with E-state index in [1.165, 1.54) is 41.9 Å². The molecule has 11 heteroatoms. The molecule has 0 amide bonds. The molecule has 5 aliphatic carbocycles. The molecule has 2 heterocycles. The molecule has 2 nitrogen and oxygen atoms in total. The number of hydrogen-bond acceptors (Lipinski definition) is 4. The molecule has 396 valence electrons. The minimum absolute atomic E-state index is 0.0102. The van der Waals surface area contributed by atoms with Crippen molar-refractivity contribution >= 4 is 77.1 Å². The lowest BCUT2D eigenvalue weighted by molar-refractivity contribution is -0.254. The summed E-state index contributed by atoms with van der Waals surface area (Å²) in [6.45, 7) is 4.68. The summed E-state index contributed by atoms with van der Waals surface area (Å²) in [6.07, 6.45) is 6.61. The van der Waals surface area contributed by atoms with E-state index in [1.807, 2.05) is 36.4 Å². The topological polar surface area (TPSA) is 18.5 Å². The molecule has 7 aromatic carbocycles. The van der Waals surface area contributed by atoms with Crippen LogP contribution in [0.4, 0.5) is 26.3 Å². The van der Waals surface area contributed by atoms with Gasteiger partial charge in [0.05, 0.1) is 24.8 Å². The Balaban J connectivity index is 0.807. The minimum Gasteiger partial charge on any atom is -0.495 e. The van der Waals surface area contributed by atoms with Gasteiger partial charge in [0.2, 0.25) is 0 Å². The van der Waals surface area contributed by atoms with E-state index in [2.05, 4.69) is 84.3 Å². The summed E-state index contributed by atoms with van der Waals surface area (Å²) in [5, 5.41) is 4.69. The van der Waals surface area contributed by atoms with E-state index in [1.54, 1.807) is 58.4 Å². The minimum atomic E-state index is -5.64. The summed E-state index contributed by atoms with van der Waals surface area (Å²) in [5.41, 5.74) is 3.87. The van der Waals surface area contributed by atoms with Gasteiger partial charge in [0, 0.05) is 75.8 Å². The van der Waals surface area contributed by atoms with Crippen LogP contribution >= 0.6 is 34.3 Å². The Labute approximate surface area is 468 Å². The number of benzene rings is 7. The van der Waals surface area contributed by atoms with Crippen molar-refractivity contribution in [2.24, 2.45) is 11.8 Å². The fourth-order valence-corrected chi connectivity index (χ4v) is 17.1. The van der Waals surface area contributed by atoms with Crippen molar-refractivity contribution in [3.8, 4) is 45.6 Å². The number of thiophene rings is 2. The number of allylic oxidation sites excluding steroid dienone is 2. The maximum Gasteiger partial charge on any atom is 0.380 e. The van der Waals surface area contributed by atoms with Crippen LogP contribution in [0.3, 0.4) is 0 Å². The Morgan fingerprint density at radius 3 is 1.56 bits per heavy atom. The smallest absolute Gasteiger partial charge is 0.380 e. The zero-order valence-electron chi connectivity index (χ0n) is 43.9. The van der Waals surface area contributed by atoms with Crippen LogP contribution in [0.25, 0.3) is 53.2 Å². The second-order valence-electron chi connectivity index (χ2n) is 22.2. The van der Waals surface area contributed by atoms with E-state index in [4.69, 9.17) is 21.1 Å². The van der Waals surface area contributed by atoms with Gasteiger partial charge in [-0.1, -0.05) is 138 Å². The highest BCUT2D eigenvalue weighted by molar-refractivity contribution is 7.19. The lowest BCUT2D eigenvalue weighted by atomic mass is 9.41. The van der Waals surface area contributed by atoms with Gasteiger partial charge in [-0.3, -0.25) is 0 Å². The van der Waals surface area contributed by atoms with Crippen molar-refractivity contribution in [1.82, 2.24) is 0 Å². The Morgan fingerprint density at radius 1 is 0.532 bits per heavy atom. The molecule has 9 aromatic rings. The highest BCUT2D eigenvalue weighted by atomic mass is 35.5. The van der Waals surface area contributed by atoms with E-state index in [0.29, 0.717) is 43.5 Å². The lowest BCUT2D eigenvalue weighted by Gasteiger charge is -2.63. The van der Waals surface area contributed by atoms with E-state index in [0.717, 1.165) is 87.2 Å². The molecule has 4 bridgehead atoms. The average Bonchev–Trinajstić information content (AvgIpc) is 3.96. The molecular formula is C68H51ClF6O2S2. The fourth-order valence-electron chi connectivity index (χ4n) is 14.6. The normalized spacial score (nSPS) is 22.3. The maximum atomic E-state index is 16.3. The summed E-state index contributed by atoms with van der Waals surface area (Å²) >= 11 is 8.72. The van der Waals surface area contributed by atoms with Crippen LogP contribution in [0.2, 0.25) is 5.02 Å². The summed E-state index contributed by atoms with van der Waals surface area (Å²) < 4.78 is 108. The molecule has 4 fully saturated rings.